The topological polar surface area (TPSA) is 3.24 Å². The van der Waals surface area contributed by atoms with E-state index in [4.69, 9.17) is 0 Å². The van der Waals surface area contributed by atoms with Gasteiger partial charge in [-0.25, -0.2) is 0 Å². The van der Waals surface area contributed by atoms with Gasteiger partial charge in [0.15, 0.2) is 0 Å². The first-order chi connectivity index (χ1) is 7.69. The highest BCUT2D eigenvalue weighted by molar-refractivity contribution is 9.10. The predicted molar refractivity (Wildman–Crippen MR) is 74.7 cm³/mol. The van der Waals surface area contributed by atoms with Crippen LogP contribution in [0.5, 0.6) is 0 Å². The summed E-state index contributed by atoms with van der Waals surface area (Å²) in [4.78, 5) is 2.56. The van der Waals surface area contributed by atoms with Crippen LogP contribution >= 0.6 is 15.9 Å². The summed E-state index contributed by atoms with van der Waals surface area (Å²) in [7, 11) is 0. The zero-order valence-corrected chi connectivity index (χ0v) is 12.1. The molecule has 1 aromatic rings. The first kappa shape index (κ1) is 13.7. The third-order valence-electron chi connectivity index (χ3n) is 2.90. The van der Waals surface area contributed by atoms with Crippen molar-refractivity contribution in [3.8, 4) is 0 Å². The number of nitrogens with zero attached hydrogens (tertiary/aromatic N) is 1. The monoisotopic (exact) mass is 283 g/mol. The van der Waals surface area contributed by atoms with E-state index in [1.807, 2.05) is 0 Å². The molecule has 90 valence electrons. The van der Waals surface area contributed by atoms with Crippen molar-refractivity contribution in [2.45, 2.75) is 39.7 Å². The molecule has 0 amide bonds. The maximum atomic E-state index is 3.54. The first-order valence-electron chi connectivity index (χ1n) is 6.18. The zero-order valence-electron chi connectivity index (χ0n) is 10.5. The molecule has 0 N–H and O–H groups in total. The van der Waals surface area contributed by atoms with E-state index in [0.717, 1.165) is 0 Å². The number of hydrogen-bond donors (Lipinski definition) is 0. The summed E-state index contributed by atoms with van der Waals surface area (Å²) in [6.07, 6.45) is 2.44. The largest absolute Gasteiger partial charge is 0.297 e. The molecule has 0 radical (unpaired) electrons. The Labute approximate surface area is 108 Å². The molecule has 1 atom stereocenters. The van der Waals surface area contributed by atoms with Crippen LogP contribution in [0.25, 0.3) is 0 Å². The molecule has 1 unspecified atom stereocenters. The summed E-state index contributed by atoms with van der Waals surface area (Å²) in [5.74, 6) is 0. The Hall–Kier alpha value is -0.340. The molecule has 0 bridgehead atoms. The number of benzene rings is 1. The molecular weight excluding hydrogens is 262 g/mol. The van der Waals surface area contributed by atoms with E-state index >= 15 is 0 Å². The Balaban J connectivity index is 2.76. The second kappa shape index (κ2) is 7.08. The molecule has 0 aromatic heterocycles. The van der Waals surface area contributed by atoms with Gasteiger partial charge in [0.25, 0.3) is 0 Å². The van der Waals surface area contributed by atoms with E-state index in [-0.39, 0.29) is 0 Å². The molecule has 2 heteroatoms. The van der Waals surface area contributed by atoms with E-state index in [1.54, 1.807) is 0 Å². The van der Waals surface area contributed by atoms with E-state index in [0.29, 0.717) is 6.04 Å². The molecule has 0 aliphatic rings. The van der Waals surface area contributed by atoms with E-state index in [1.165, 1.54) is 36.0 Å². The van der Waals surface area contributed by atoms with Crippen molar-refractivity contribution in [2.24, 2.45) is 0 Å². The SMILES string of the molecule is CCCN(CCC)C(C)c1cccc(Br)c1. The lowest BCUT2D eigenvalue weighted by Crippen LogP contribution is -2.28. The fourth-order valence-electron chi connectivity index (χ4n) is 2.05. The van der Waals surface area contributed by atoms with Gasteiger partial charge in [-0.2, -0.15) is 0 Å². The van der Waals surface area contributed by atoms with Crippen LogP contribution in [0, 0.1) is 0 Å². The first-order valence-corrected chi connectivity index (χ1v) is 6.97. The van der Waals surface area contributed by atoms with Gasteiger partial charge in [0, 0.05) is 10.5 Å². The highest BCUT2D eigenvalue weighted by Gasteiger charge is 2.13. The Morgan fingerprint density at radius 1 is 1.19 bits per heavy atom. The molecule has 0 aliphatic carbocycles. The van der Waals surface area contributed by atoms with Crippen molar-refractivity contribution < 1.29 is 0 Å². The maximum absolute atomic E-state index is 3.54. The van der Waals surface area contributed by atoms with Gasteiger partial charge in [0.2, 0.25) is 0 Å². The highest BCUT2D eigenvalue weighted by atomic mass is 79.9. The van der Waals surface area contributed by atoms with Crippen molar-refractivity contribution in [2.75, 3.05) is 13.1 Å². The molecule has 0 spiro atoms. The fourth-order valence-corrected chi connectivity index (χ4v) is 2.47. The minimum Gasteiger partial charge on any atom is -0.297 e. The molecule has 0 saturated heterocycles. The van der Waals surface area contributed by atoms with Crippen molar-refractivity contribution in [1.82, 2.24) is 4.90 Å². The van der Waals surface area contributed by atoms with Crippen molar-refractivity contribution in [3.63, 3.8) is 0 Å². The molecule has 1 aromatic carbocycles. The molecule has 0 aliphatic heterocycles. The third-order valence-corrected chi connectivity index (χ3v) is 3.39. The van der Waals surface area contributed by atoms with Gasteiger partial charge in [0.05, 0.1) is 0 Å². The smallest absolute Gasteiger partial charge is 0.0320 e. The molecule has 16 heavy (non-hydrogen) atoms. The lowest BCUT2D eigenvalue weighted by molar-refractivity contribution is 0.211. The van der Waals surface area contributed by atoms with Crippen LogP contribution in [0.4, 0.5) is 0 Å². The van der Waals surface area contributed by atoms with Crippen molar-refractivity contribution in [1.29, 1.82) is 0 Å². The van der Waals surface area contributed by atoms with Crippen LogP contribution in [-0.4, -0.2) is 18.0 Å². The third kappa shape index (κ3) is 3.91. The number of halogens is 1. The minimum atomic E-state index is 0.511. The van der Waals surface area contributed by atoms with Gasteiger partial charge in [-0.1, -0.05) is 41.9 Å². The van der Waals surface area contributed by atoms with Crippen LogP contribution in [0.3, 0.4) is 0 Å². The Bertz CT molecular complexity index is 305. The second-order valence-electron chi connectivity index (χ2n) is 4.27. The van der Waals surface area contributed by atoms with E-state index in [9.17, 15) is 0 Å². The normalized spacial score (nSPS) is 13.1. The van der Waals surface area contributed by atoms with Crippen molar-refractivity contribution in [3.05, 3.63) is 34.3 Å². The standard InChI is InChI=1S/C14H22BrN/c1-4-9-16(10-5-2)12(3)13-7-6-8-14(15)11-13/h6-8,11-12H,4-5,9-10H2,1-3H3. The molecule has 1 nitrogen and oxygen atoms in total. The summed E-state index contributed by atoms with van der Waals surface area (Å²) in [5.41, 5.74) is 1.40. The second-order valence-corrected chi connectivity index (χ2v) is 5.18. The maximum Gasteiger partial charge on any atom is 0.0320 e. The summed E-state index contributed by atoms with van der Waals surface area (Å²) in [6, 6.07) is 9.15. The Morgan fingerprint density at radius 2 is 1.81 bits per heavy atom. The molecule has 1 rings (SSSR count). The lowest BCUT2D eigenvalue weighted by atomic mass is 10.1. The van der Waals surface area contributed by atoms with E-state index in [2.05, 4.69) is 65.9 Å². The van der Waals surface area contributed by atoms with Crippen LogP contribution in [0.2, 0.25) is 0 Å². The average Bonchev–Trinajstić information content (AvgIpc) is 2.28. The predicted octanol–water partition coefficient (Wildman–Crippen LogP) is 4.63. The van der Waals surface area contributed by atoms with Gasteiger partial charge < -0.3 is 0 Å². The van der Waals surface area contributed by atoms with Gasteiger partial charge in [-0.3, -0.25) is 4.90 Å². The van der Waals surface area contributed by atoms with Crippen LogP contribution in [0.15, 0.2) is 28.7 Å². The zero-order chi connectivity index (χ0) is 12.0. The molecular formula is C14H22BrN. The van der Waals surface area contributed by atoms with Gasteiger partial charge in [0.1, 0.15) is 0 Å². The molecule has 0 heterocycles. The highest BCUT2D eigenvalue weighted by Crippen LogP contribution is 2.23. The lowest BCUT2D eigenvalue weighted by Gasteiger charge is -2.28. The summed E-state index contributed by atoms with van der Waals surface area (Å²) >= 11 is 3.54. The average molecular weight is 284 g/mol. The van der Waals surface area contributed by atoms with Crippen molar-refractivity contribution >= 4 is 15.9 Å². The summed E-state index contributed by atoms with van der Waals surface area (Å²) < 4.78 is 1.17. The minimum absolute atomic E-state index is 0.511. The van der Waals surface area contributed by atoms with E-state index < -0.39 is 0 Å². The summed E-state index contributed by atoms with van der Waals surface area (Å²) in [5, 5.41) is 0. The molecule has 0 saturated carbocycles. The Morgan fingerprint density at radius 3 is 2.31 bits per heavy atom. The number of rotatable bonds is 6. The fraction of sp³-hybridized carbons (Fsp3) is 0.571. The molecule has 0 fully saturated rings. The number of hydrogen-bond acceptors (Lipinski definition) is 1. The van der Waals surface area contributed by atoms with Crippen LogP contribution in [-0.2, 0) is 0 Å². The van der Waals surface area contributed by atoms with Gasteiger partial charge in [-0.05, 0) is 50.6 Å². The Kier molecular flexibility index (Phi) is 6.07. The summed E-state index contributed by atoms with van der Waals surface area (Å²) in [6.45, 7) is 9.16. The van der Waals surface area contributed by atoms with Gasteiger partial charge >= 0.3 is 0 Å². The quantitative estimate of drug-likeness (QED) is 0.736. The van der Waals surface area contributed by atoms with Gasteiger partial charge in [-0.15, -0.1) is 0 Å². The van der Waals surface area contributed by atoms with Crippen LogP contribution < -0.4 is 0 Å². The van der Waals surface area contributed by atoms with Crippen LogP contribution in [0.1, 0.15) is 45.2 Å².